The maximum absolute atomic E-state index is 13.2. The number of ketones is 1. The fourth-order valence-electron chi connectivity index (χ4n) is 2.40. The first-order chi connectivity index (χ1) is 13.5. The smallest absolute Gasteiger partial charge is 0.284 e. The minimum atomic E-state index is -4.69. The molecule has 1 aromatic rings. The van der Waals surface area contributed by atoms with Crippen LogP contribution < -0.4 is 11.1 Å². The van der Waals surface area contributed by atoms with Gasteiger partial charge in [0.05, 0.1) is 15.7 Å². The minimum absolute atomic E-state index is 0.171. The predicted molar refractivity (Wildman–Crippen MR) is 96.4 cm³/mol. The number of primary amides is 1. The van der Waals surface area contributed by atoms with E-state index < -0.39 is 51.1 Å². The summed E-state index contributed by atoms with van der Waals surface area (Å²) in [5.74, 6) is -3.66. The maximum atomic E-state index is 13.2. The average Bonchev–Trinajstić information content (AvgIpc) is 2.80. The van der Waals surface area contributed by atoms with E-state index in [4.69, 9.17) is 8.48 Å². The van der Waals surface area contributed by atoms with E-state index in [-0.39, 0.29) is 30.1 Å². The topological polar surface area (TPSA) is 140 Å². The largest absolute Gasteiger partial charge is 0.369 e. The van der Waals surface area contributed by atoms with Gasteiger partial charge in [-0.2, -0.15) is 8.42 Å². The van der Waals surface area contributed by atoms with Gasteiger partial charge in [-0.25, -0.2) is 9.29 Å². The quantitative estimate of drug-likeness (QED) is 0.640. The summed E-state index contributed by atoms with van der Waals surface area (Å²) in [5, 5.41) is 2.07. The summed E-state index contributed by atoms with van der Waals surface area (Å²) in [5.41, 5.74) is 5.17. The molecule has 27 heavy (non-hydrogen) atoms. The second-order valence-electron chi connectivity index (χ2n) is 6.03. The van der Waals surface area contributed by atoms with Gasteiger partial charge in [0.25, 0.3) is 10.0 Å². The van der Waals surface area contributed by atoms with Crippen LogP contribution in [0.3, 0.4) is 0 Å². The van der Waals surface area contributed by atoms with Gasteiger partial charge in [0.1, 0.15) is 6.02 Å². The third-order valence-electron chi connectivity index (χ3n) is 3.97. The Bertz CT molecular complexity index is 883. The summed E-state index contributed by atoms with van der Waals surface area (Å²) >= 11 is 0. The van der Waals surface area contributed by atoms with Crippen LogP contribution in [0.1, 0.15) is 28.9 Å². The minimum Gasteiger partial charge on any atom is -0.369 e. The molecule has 147 valence electrons. The van der Waals surface area contributed by atoms with Crippen LogP contribution in [0.4, 0.5) is 0 Å². The molecule has 0 aromatic carbocycles. The van der Waals surface area contributed by atoms with Crippen molar-refractivity contribution in [1.82, 2.24) is 14.6 Å². The lowest BCUT2D eigenvalue weighted by atomic mass is 10.0. The zero-order valence-corrected chi connectivity index (χ0v) is 15.6. The monoisotopic (exact) mass is 397 g/mol. The predicted octanol–water partition coefficient (Wildman–Crippen LogP) is -0.364. The first kappa shape index (κ1) is 18.1. The molecular weight excluding hydrogens is 372 g/mol. The SMILES string of the molecule is [2H]C1NCCC[C@]([2H])(N(C(=O)[CH]CC(C)C(N)=O)S(=O)(=O)c2ccccn2)C1=O. The molecule has 1 aliphatic rings. The Labute approximate surface area is 161 Å². The molecule has 1 aliphatic heterocycles. The number of aromatic nitrogens is 1. The van der Waals surface area contributed by atoms with E-state index in [0.717, 1.165) is 12.5 Å². The van der Waals surface area contributed by atoms with Crippen LogP contribution in [0.15, 0.2) is 29.4 Å². The fourth-order valence-corrected chi connectivity index (χ4v) is 3.81. The van der Waals surface area contributed by atoms with Gasteiger partial charge < -0.3 is 11.1 Å². The summed E-state index contributed by atoms with van der Waals surface area (Å²) in [6, 6.07) is 1.48. The van der Waals surface area contributed by atoms with Gasteiger partial charge in [0.2, 0.25) is 11.8 Å². The van der Waals surface area contributed by atoms with E-state index >= 15 is 0 Å². The molecule has 3 atom stereocenters. The molecule has 10 heteroatoms. The van der Waals surface area contributed by atoms with Crippen molar-refractivity contribution < 1.29 is 25.5 Å². The third kappa shape index (κ3) is 5.10. The number of nitrogens with one attached hydrogen (secondary N) is 1. The number of carbonyl (C=O) groups is 3. The molecule has 0 spiro atoms. The number of nitrogens with two attached hydrogens (primary N) is 1. The van der Waals surface area contributed by atoms with E-state index in [2.05, 4.69) is 10.3 Å². The summed E-state index contributed by atoms with van der Waals surface area (Å²) in [6.07, 6.45) is 1.86. The highest BCUT2D eigenvalue weighted by Crippen LogP contribution is 2.22. The molecule has 3 N–H and O–H groups in total. The maximum Gasteiger partial charge on any atom is 0.284 e. The number of Topliss-reactive ketones (excluding diaryl/α,β-unsaturated/α-hetero) is 1. The molecule has 1 radical (unpaired) electrons. The van der Waals surface area contributed by atoms with Gasteiger partial charge in [0.15, 0.2) is 10.8 Å². The Balaban J connectivity index is 2.52. The number of hydrogen-bond donors (Lipinski definition) is 2. The number of pyridine rings is 1. The Morgan fingerprint density at radius 2 is 2.30 bits per heavy atom. The van der Waals surface area contributed by atoms with Gasteiger partial charge in [-0.3, -0.25) is 14.4 Å². The molecule has 2 heterocycles. The molecule has 1 saturated heterocycles. The van der Waals surface area contributed by atoms with Crippen LogP contribution in [-0.2, 0) is 24.4 Å². The Kier molecular flexibility index (Phi) is 6.05. The van der Waals surface area contributed by atoms with Crippen molar-refractivity contribution in [3.8, 4) is 0 Å². The lowest BCUT2D eigenvalue weighted by Crippen LogP contribution is -2.50. The lowest BCUT2D eigenvalue weighted by molar-refractivity contribution is -0.131. The van der Waals surface area contributed by atoms with E-state index in [0.29, 0.717) is 0 Å². The van der Waals surface area contributed by atoms with Gasteiger partial charge in [0, 0.05) is 12.1 Å². The number of sulfonamides is 1. The highest BCUT2D eigenvalue weighted by Gasteiger charge is 2.40. The molecule has 1 fully saturated rings. The summed E-state index contributed by atoms with van der Waals surface area (Å²) in [6.45, 7) is 0.115. The van der Waals surface area contributed by atoms with Crippen LogP contribution in [0, 0.1) is 12.3 Å². The van der Waals surface area contributed by atoms with E-state index in [1.165, 1.54) is 25.3 Å². The average molecular weight is 397 g/mol. The fraction of sp³-hybridized carbons (Fsp3) is 0.471. The van der Waals surface area contributed by atoms with Crippen molar-refractivity contribution in [1.29, 1.82) is 0 Å². The first-order valence-electron chi connectivity index (χ1n) is 9.42. The van der Waals surface area contributed by atoms with Crippen LogP contribution in [0.5, 0.6) is 0 Å². The molecule has 2 rings (SSSR count). The molecule has 0 bridgehead atoms. The second-order valence-corrected chi connectivity index (χ2v) is 7.77. The number of rotatable bonds is 7. The van der Waals surface area contributed by atoms with Crippen LogP contribution >= 0.6 is 0 Å². The van der Waals surface area contributed by atoms with Crippen LogP contribution in [0.25, 0.3) is 0 Å². The third-order valence-corrected chi connectivity index (χ3v) is 5.62. The number of hydrogen-bond acceptors (Lipinski definition) is 7. The van der Waals surface area contributed by atoms with E-state index in [1.54, 1.807) is 0 Å². The Morgan fingerprint density at radius 3 is 2.93 bits per heavy atom. The Hall–Kier alpha value is -2.33. The Morgan fingerprint density at radius 1 is 1.56 bits per heavy atom. The summed E-state index contributed by atoms with van der Waals surface area (Å²) in [7, 11) is -4.69. The van der Waals surface area contributed by atoms with Gasteiger partial charge >= 0.3 is 0 Å². The van der Waals surface area contributed by atoms with E-state index in [1.807, 2.05) is 0 Å². The highest BCUT2D eigenvalue weighted by molar-refractivity contribution is 7.89. The summed E-state index contributed by atoms with van der Waals surface area (Å²) in [4.78, 5) is 40.6. The molecule has 0 saturated carbocycles. The molecule has 1 aromatic heterocycles. The lowest BCUT2D eigenvalue weighted by Gasteiger charge is -2.29. The normalized spacial score (nSPS) is 25.7. The van der Waals surface area contributed by atoms with Crippen LogP contribution in [0.2, 0.25) is 0 Å². The number of amides is 2. The molecule has 9 nitrogen and oxygen atoms in total. The number of nitrogens with zero attached hydrogens (tertiary/aromatic N) is 2. The molecule has 0 aliphatic carbocycles. The molecular formula is C17H23N4O5S. The zero-order chi connectivity index (χ0) is 21.8. The summed E-state index contributed by atoms with van der Waals surface area (Å²) < 4.78 is 43.1. The molecule has 2 unspecified atom stereocenters. The number of carbonyl (C=O) groups excluding carboxylic acids is 3. The second kappa shape index (κ2) is 9.05. The first-order valence-corrected chi connectivity index (χ1v) is 9.78. The highest BCUT2D eigenvalue weighted by atomic mass is 32.2. The van der Waals surface area contributed by atoms with Crippen molar-refractivity contribution in [3.05, 3.63) is 30.8 Å². The van der Waals surface area contributed by atoms with E-state index in [9.17, 15) is 22.8 Å². The standard InChI is InChI=1S/C17H23N4O5S/c1-12(17(18)24)7-8-16(23)21(13-5-4-9-19-11-14(13)22)27(25,26)15-6-2-3-10-20-15/h2-3,6,8,10,12-13,19H,4-5,7,9,11H2,1H3,(H2,18,24)/t12?,13-/m0/s1/i11D,13D/t11?,12?,13-. The van der Waals surface area contributed by atoms with Crippen molar-refractivity contribution in [2.75, 3.05) is 13.1 Å². The zero-order valence-electron chi connectivity index (χ0n) is 16.8. The van der Waals surface area contributed by atoms with Crippen LogP contribution in [-0.4, -0.2) is 54.4 Å². The van der Waals surface area contributed by atoms with Crippen molar-refractivity contribution in [3.63, 3.8) is 0 Å². The molecule has 2 amide bonds. The van der Waals surface area contributed by atoms with Gasteiger partial charge in [-0.1, -0.05) is 13.0 Å². The van der Waals surface area contributed by atoms with Crippen molar-refractivity contribution in [2.45, 2.75) is 37.2 Å². The van der Waals surface area contributed by atoms with Gasteiger partial charge in [-0.05, 0) is 37.9 Å². The van der Waals surface area contributed by atoms with Gasteiger partial charge in [-0.15, -0.1) is 0 Å². The van der Waals surface area contributed by atoms with Crippen molar-refractivity contribution >= 4 is 27.6 Å². The van der Waals surface area contributed by atoms with Crippen molar-refractivity contribution in [2.24, 2.45) is 11.7 Å².